The molecule has 0 aromatic heterocycles. The molecule has 1 fully saturated rings. The summed E-state index contributed by atoms with van der Waals surface area (Å²) in [6, 6.07) is 5.95. The molecule has 1 aromatic rings. The van der Waals surface area contributed by atoms with E-state index in [0.717, 1.165) is 19.3 Å². The fourth-order valence-corrected chi connectivity index (χ4v) is 4.22. The van der Waals surface area contributed by atoms with Gasteiger partial charge in [0.1, 0.15) is 0 Å². The van der Waals surface area contributed by atoms with Crippen LogP contribution in [0.25, 0.3) is 0 Å². The van der Waals surface area contributed by atoms with Gasteiger partial charge in [0.25, 0.3) is 0 Å². The number of hydrogen-bond donors (Lipinski definition) is 2. The second-order valence-corrected chi connectivity index (χ2v) is 7.49. The van der Waals surface area contributed by atoms with Crippen LogP contribution in [0.5, 0.6) is 0 Å². The lowest BCUT2D eigenvalue weighted by molar-refractivity contribution is 0.127. The highest BCUT2D eigenvalue weighted by molar-refractivity contribution is 7.89. The van der Waals surface area contributed by atoms with Crippen molar-refractivity contribution in [3.05, 3.63) is 29.3 Å². The zero-order chi connectivity index (χ0) is 14.1. The summed E-state index contributed by atoms with van der Waals surface area (Å²) >= 11 is 5.82. The number of aliphatic hydroxyl groups excluding tert-OH is 1. The van der Waals surface area contributed by atoms with Crippen molar-refractivity contribution in [2.24, 2.45) is 5.41 Å². The first-order valence-corrected chi connectivity index (χ1v) is 8.12. The number of aliphatic hydroxyl groups is 1. The number of sulfonamides is 1. The van der Waals surface area contributed by atoms with Gasteiger partial charge in [-0.25, -0.2) is 13.1 Å². The lowest BCUT2D eigenvalue weighted by Gasteiger charge is -2.29. The summed E-state index contributed by atoms with van der Waals surface area (Å²) in [4.78, 5) is 0.159. The third-order valence-electron chi connectivity index (χ3n) is 3.85. The predicted octanol–water partition coefficient (Wildman–Crippen LogP) is 2.17. The Balaban J connectivity index is 2.23. The molecule has 0 heterocycles. The summed E-state index contributed by atoms with van der Waals surface area (Å²) < 4.78 is 27.3. The zero-order valence-corrected chi connectivity index (χ0v) is 12.3. The Kier molecular flexibility index (Phi) is 4.20. The van der Waals surface area contributed by atoms with Crippen molar-refractivity contribution in [1.82, 2.24) is 4.72 Å². The van der Waals surface area contributed by atoms with E-state index in [1.54, 1.807) is 12.1 Å². The van der Waals surface area contributed by atoms with Crippen molar-refractivity contribution in [2.75, 3.05) is 6.61 Å². The van der Waals surface area contributed by atoms with E-state index in [2.05, 4.69) is 4.72 Å². The highest BCUT2D eigenvalue weighted by Crippen LogP contribution is 2.38. The minimum atomic E-state index is -3.59. The molecule has 1 aromatic carbocycles. The van der Waals surface area contributed by atoms with Crippen LogP contribution in [0, 0.1) is 5.41 Å². The molecule has 19 heavy (non-hydrogen) atoms. The summed E-state index contributed by atoms with van der Waals surface area (Å²) in [6.45, 7) is 1.89. The molecule has 0 spiro atoms. The maximum atomic E-state index is 12.3. The van der Waals surface area contributed by atoms with Crippen LogP contribution in [-0.2, 0) is 10.0 Å². The fourth-order valence-electron chi connectivity index (χ4n) is 2.51. The van der Waals surface area contributed by atoms with E-state index < -0.39 is 10.0 Å². The number of nitrogens with one attached hydrogen (secondary N) is 1. The topological polar surface area (TPSA) is 66.4 Å². The lowest BCUT2D eigenvalue weighted by Crippen LogP contribution is -2.44. The van der Waals surface area contributed by atoms with E-state index in [-0.39, 0.29) is 23.0 Å². The van der Waals surface area contributed by atoms with Crippen LogP contribution in [0.1, 0.15) is 26.2 Å². The van der Waals surface area contributed by atoms with Crippen molar-refractivity contribution < 1.29 is 13.5 Å². The normalized spacial score (nSPS) is 27.6. The Hall–Kier alpha value is -0.620. The molecule has 0 saturated heterocycles. The summed E-state index contributed by atoms with van der Waals surface area (Å²) in [5, 5.41) is 9.84. The molecule has 2 atom stereocenters. The van der Waals surface area contributed by atoms with Crippen LogP contribution in [0.4, 0.5) is 0 Å². The van der Waals surface area contributed by atoms with Gasteiger partial charge >= 0.3 is 0 Å². The predicted molar refractivity (Wildman–Crippen MR) is 74.6 cm³/mol. The first-order chi connectivity index (χ1) is 8.87. The Morgan fingerprint density at radius 3 is 2.89 bits per heavy atom. The van der Waals surface area contributed by atoms with Gasteiger partial charge in [0.2, 0.25) is 10.0 Å². The highest BCUT2D eigenvalue weighted by Gasteiger charge is 2.40. The van der Waals surface area contributed by atoms with E-state index in [9.17, 15) is 13.5 Å². The SMILES string of the molecule is CC1(CO)CCCC1NS(=O)(=O)c1cccc(Cl)c1. The van der Waals surface area contributed by atoms with Gasteiger partial charge in [-0.05, 0) is 31.0 Å². The molecule has 1 saturated carbocycles. The van der Waals surface area contributed by atoms with Crippen LogP contribution in [-0.4, -0.2) is 26.2 Å². The molecule has 0 radical (unpaired) electrons. The first kappa shape index (κ1) is 14.8. The smallest absolute Gasteiger partial charge is 0.240 e. The van der Waals surface area contributed by atoms with Crippen molar-refractivity contribution in [3.63, 3.8) is 0 Å². The van der Waals surface area contributed by atoms with E-state index in [0.29, 0.717) is 5.02 Å². The zero-order valence-electron chi connectivity index (χ0n) is 10.8. The number of halogens is 1. The number of rotatable bonds is 4. The molecule has 1 aliphatic carbocycles. The van der Waals surface area contributed by atoms with Gasteiger partial charge in [0.15, 0.2) is 0 Å². The van der Waals surface area contributed by atoms with Gasteiger partial charge < -0.3 is 5.11 Å². The highest BCUT2D eigenvalue weighted by atomic mass is 35.5. The van der Waals surface area contributed by atoms with E-state index in [4.69, 9.17) is 11.6 Å². The molecule has 0 bridgehead atoms. The molecule has 6 heteroatoms. The number of hydrogen-bond acceptors (Lipinski definition) is 3. The summed E-state index contributed by atoms with van der Waals surface area (Å²) in [6.07, 6.45) is 2.49. The quantitative estimate of drug-likeness (QED) is 0.896. The second-order valence-electron chi connectivity index (χ2n) is 5.34. The van der Waals surface area contributed by atoms with Crippen LogP contribution >= 0.6 is 11.6 Å². The standard InChI is InChI=1S/C13H18ClNO3S/c1-13(9-16)7-3-6-12(13)15-19(17,18)11-5-2-4-10(14)8-11/h2,4-5,8,12,15-16H,3,6-7,9H2,1H3. The Morgan fingerprint density at radius 2 is 2.26 bits per heavy atom. The van der Waals surface area contributed by atoms with Crippen molar-refractivity contribution in [3.8, 4) is 0 Å². The first-order valence-electron chi connectivity index (χ1n) is 6.26. The Bertz CT molecular complexity index is 561. The Morgan fingerprint density at radius 1 is 1.53 bits per heavy atom. The second kappa shape index (κ2) is 5.40. The van der Waals surface area contributed by atoms with E-state index in [1.165, 1.54) is 12.1 Å². The van der Waals surface area contributed by atoms with Crippen LogP contribution in [0.3, 0.4) is 0 Å². The maximum absolute atomic E-state index is 12.3. The molecule has 1 aliphatic rings. The molecule has 2 unspecified atom stereocenters. The molecular formula is C13H18ClNO3S. The van der Waals surface area contributed by atoms with Crippen LogP contribution in [0.15, 0.2) is 29.2 Å². The van der Waals surface area contributed by atoms with Crippen molar-refractivity contribution >= 4 is 21.6 Å². The fraction of sp³-hybridized carbons (Fsp3) is 0.538. The average molecular weight is 304 g/mol. The number of benzene rings is 1. The summed E-state index contributed by atoms with van der Waals surface area (Å²) in [7, 11) is -3.59. The molecule has 2 N–H and O–H groups in total. The van der Waals surface area contributed by atoms with E-state index >= 15 is 0 Å². The van der Waals surface area contributed by atoms with Crippen molar-refractivity contribution in [1.29, 1.82) is 0 Å². The van der Waals surface area contributed by atoms with Gasteiger partial charge in [0.05, 0.1) is 4.90 Å². The average Bonchev–Trinajstić information content (AvgIpc) is 2.71. The van der Waals surface area contributed by atoms with Gasteiger partial charge in [-0.2, -0.15) is 0 Å². The molecule has 0 aliphatic heterocycles. The van der Waals surface area contributed by atoms with Gasteiger partial charge in [-0.1, -0.05) is 31.0 Å². The third kappa shape index (κ3) is 3.11. The minimum Gasteiger partial charge on any atom is -0.396 e. The van der Waals surface area contributed by atoms with Crippen molar-refractivity contribution in [2.45, 2.75) is 37.1 Å². The van der Waals surface area contributed by atoms with Crippen LogP contribution in [0.2, 0.25) is 5.02 Å². The van der Waals surface area contributed by atoms with Gasteiger partial charge in [0, 0.05) is 23.1 Å². The summed E-state index contributed by atoms with van der Waals surface area (Å²) in [5.41, 5.74) is -0.383. The van der Waals surface area contributed by atoms with E-state index in [1.807, 2.05) is 6.92 Å². The molecule has 2 rings (SSSR count). The largest absolute Gasteiger partial charge is 0.396 e. The molecule has 0 amide bonds. The molecule has 106 valence electrons. The minimum absolute atomic E-state index is 0.0181. The van der Waals surface area contributed by atoms with Gasteiger partial charge in [-0.3, -0.25) is 0 Å². The monoisotopic (exact) mass is 303 g/mol. The molecular weight excluding hydrogens is 286 g/mol. The van der Waals surface area contributed by atoms with Gasteiger partial charge in [-0.15, -0.1) is 0 Å². The summed E-state index contributed by atoms with van der Waals surface area (Å²) in [5.74, 6) is 0. The Labute approximate surface area is 118 Å². The lowest BCUT2D eigenvalue weighted by atomic mass is 9.86. The third-order valence-corrected chi connectivity index (χ3v) is 5.55. The molecule has 4 nitrogen and oxygen atoms in total. The maximum Gasteiger partial charge on any atom is 0.240 e. The van der Waals surface area contributed by atoms with Crippen LogP contribution < -0.4 is 4.72 Å².